The number of hydrogen-bond acceptors (Lipinski definition) is 5. The lowest BCUT2D eigenvalue weighted by molar-refractivity contribution is -0.156. The van der Waals surface area contributed by atoms with Gasteiger partial charge in [-0.25, -0.2) is 0 Å². The van der Waals surface area contributed by atoms with E-state index >= 15 is 0 Å². The van der Waals surface area contributed by atoms with Gasteiger partial charge < -0.3 is 24.4 Å². The van der Waals surface area contributed by atoms with Gasteiger partial charge in [-0.05, 0) is 49.9 Å². The van der Waals surface area contributed by atoms with Crippen molar-refractivity contribution in [2.45, 2.75) is 49.7 Å². The molecule has 0 bridgehead atoms. The number of benzene rings is 1. The van der Waals surface area contributed by atoms with Crippen LogP contribution in [0.3, 0.4) is 0 Å². The number of nitrogens with zero attached hydrogens (tertiary/aromatic N) is 1. The Morgan fingerprint density at radius 3 is 2.24 bits per heavy atom. The molecule has 3 aliphatic rings. The summed E-state index contributed by atoms with van der Waals surface area (Å²) in [5.41, 5.74) is -0.813. The lowest BCUT2D eigenvalue weighted by Gasteiger charge is -2.54. The Hall–Kier alpha value is -2.28. The van der Waals surface area contributed by atoms with Crippen molar-refractivity contribution in [3.05, 3.63) is 24.3 Å². The molecule has 29 heavy (non-hydrogen) atoms. The van der Waals surface area contributed by atoms with Crippen LogP contribution in [-0.2, 0) is 14.3 Å². The monoisotopic (exact) mass is 402 g/mol. The molecule has 2 amide bonds. The Morgan fingerprint density at radius 1 is 1.07 bits per heavy atom. The summed E-state index contributed by atoms with van der Waals surface area (Å²) in [7, 11) is 3.31. The Kier molecular flexibility index (Phi) is 5.42. The molecule has 1 N–H and O–H groups in total. The fraction of sp³-hybridized carbons (Fsp3) is 0.636. The molecule has 0 radical (unpaired) electrons. The average Bonchev–Trinajstić information content (AvgIpc) is 3.32. The van der Waals surface area contributed by atoms with Crippen LogP contribution >= 0.6 is 0 Å². The molecule has 158 valence electrons. The topological polar surface area (TPSA) is 77.1 Å². The third-order valence-electron chi connectivity index (χ3n) is 6.75. The van der Waals surface area contributed by atoms with E-state index in [0.29, 0.717) is 18.8 Å². The van der Waals surface area contributed by atoms with Crippen molar-refractivity contribution in [3.63, 3.8) is 0 Å². The molecule has 0 aromatic heterocycles. The summed E-state index contributed by atoms with van der Waals surface area (Å²) in [6.45, 7) is 0.924. The van der Waals surface area contributed by atoms with Crippen molar-refractivity contribution in [1.29, 1.82) is 0 Å². The van der Waals surface area contributed by atoms with Crippen LogP contribution in [0.4, 0.5) is 0 Å². The maximum Gasteiger partial charge on any atom is 0.260 e. The summed E-state index contributed by atoms with van der Waals surface area (Å²) < 4.78 is 16.5. The van der Waals surface area contributed by atoms with Crippen molar-refractivity contribution in [1.82, 2.24) is 10.2 Å². The van der Waals surface area contributed by atoms with Gasteiger partial charge in [0, 0.05) is 26.1 Å². The molecule has 2 saturated carbocycles. The molecule has 3 fully saturated rings. The predicted molar refractivity (Wildman–Crippen MR) is 107 cm³/mol. The SMILES string of the molecule is COc1ccc(OCC(=O)N2CC(NC(=O)C3CCCC3)(C3(OC)CC3)C2)cc1. The van der Waals surface area contributed by atoms with Crippen LogP contribution < -0.4 is 14.8 Å². The van der Waals surface area contributed by atoms with Crippen molar-refractivity contribution >= 4 is 11.8 Å². The number of ether oxygens (including phenoxy) is 3. The van der Waals surface area contributed by atoms with Gasteiger partial charge in [-0.15, -0.1) is 0 Å². The predicted octanol–water partition coefficient (Wildman–Crippen LogP) is 2.14. The molecular weight excluding hydrogens is 372 g/mol. The minimum Gasteiger partial charge on any atom is -0.497 e. The third kappa shape index (κ3) is 3.80. The van der Waals surface area contributed by atoms with E-state index in [-0.39, 0.29) is 29.9 Å². The van der Waals surface area contributed by atoms with Crippen LogP contribution in [0.1, 0.15) is 38.5 Å². The molecule has 4 rings (SSSR count). The van der Waals surface area contributed by atoms with Gasteiger partial charge in [0.2, 0.25) is 5.91 Å². The standard InChI is InChI=1S/C22H30N2O5/c1-27-17-7-9-18(10-8-17)29-13-19(25)24-14-21(15-24,22(28-2)11-12-22)23-20(26)16-5-3-4-6-16/h7-10,16H,3-6,11-15H2,1-2H3,(H,23,26). The van der Waals surface area contributed by atoms with E-state index in [2.05, 4.69) is 5.32 Å². The zero-order chi connectivity index (χ0) is 20.5. The smallest absolute Gasteiger partial charge is 0.260 e. The highest BCUT2D eigenvalue weighted by Crippen LogP contribution is 2.52. The molecule has 1 saturated heterocycles. The summed E-state index contributed by atoms with van der Waals surface area (Å²) in [6, 6.07) is 7.14. The highest BCUT2D eigenvalue weighted by molar-refractivity contribution is 5.83. The maximum absolute atomic E-state index is 12.8. The first-order valence-corrected chi connectivity index (χ1v) is 10.4. The van der Waals surface area contributed by atoms with Crippen molar-refractivity contribution < 1.29 is 23.8 Å². The average molecular weight is 402 g/mol. The molecule has 1 heterocycles. The van der Waals surface area contributed by atoms with Crippen molar-refractivity contribution in [2.75, 3.05) is 33.9 Å². The Morgan fingerprint density at radius 2 is 1.69 bits per heavy atom. The van der Waals surface area contributed by atoms with E-state index in [0.717, 1.165) is 44.3 Å². The summed E-state index contributed by atoms with van der Waals surface area (Å²) in [4.78, 5) is 27.1. The van der Waals surface area contributed by atoms with E-state index in [9.17, 15) is 9.59 Å². The molecule has 1 aliphatic heterocycles. The molecule has 1 aromatic carbocycles. The lowest BCUT2D eigenvalue weighted by Crippen LogP contribution is -2.78. The van der Waals surface area contributed by atoms with Gasteiger partial charge in [0.1, 0.15) is 17.0 Å². The molecular formula is C22H30N2O5. The summed E-state index contributed by atoms with van der Waals surface area (Å²) in [6.07, 6.45) is 5.99. The molecule has 2 aliphatic carbocycles. The van der Waals surface area contributed by atoms with Gasteiger partial charge >= 0.3 is 0 Å². The van der Waals surface area contributed by atoms with Crippen LogP contribution in [0.2, 0.25) is 0 Å². The molecule has 7 nitrogen and oxygen atoms in total. The minimum absolute atomic E-state index is 0.0288. The number of hydrogen-bond donors (Lipinski definition) is 1. The first-order chi connectivity index (χ1) is 14.0. The number of carbonyl (C=O) groups is 2. The van der Waals surface area contributed by atoms with Gasteiger partial charge in [-0.2, -0.15) is 0 Å². The summed E-state index contributed by atoms with van der Waals surface area (Å²) >= 11 is 0. The van der Waals surface area contributed by atoms with Gasteiger partial charge in [-0.3, -0.25) is 9.59 Å². The quantitative estimate of drug-likeness (QED) is 0.721. The normalized spacial score (nSPS) is 21.9. The van der Waals surface area contributed by atoms with Crippen LogP contribution in [0.5, 0.6) is 11.5 Å². The van der Waals surface area contributed by atoms with Crippen LogP contribution in [-0.4, -0.2) is 61.8 Å². The Bertz CT molecular complexity index is 747. The second kappa shape index (κ2) is 7.86. The Labute approximate surface area is 171 Å². The van der Waals surface area contributed by atoms with Gasteiger partial charge in [0.15, 0.2) is 6.61 Å². The lowest BCUT2D eigenvalue weighted by atomic mass is 9.80. The number of nitrogens with one attached hydrogen (secondary N) is 1. The van der Waals surface area contributed by atoms with Crippen molar-refractivity contribution in [3.8, 4) is 11.5 Å². The van der Waals surface area contributed by atoms with E-state index in [4.69, 9.17) is 14.2 Å². The second-order valence-corrected chi connectivity index (χ2v) is 8.47. The van der Waals surface area contributed by atoms with Gasteiger partial charge in [-0.1, -0.05) is 12.8 Å². The van der Waals surface area contributed by atoms with Crippen LogP contribution in [0, 0.1) is 5.92 Å². The van der Waals surface area contributed by atoms with E-state index < -0.39 is 5.54 Å². The molecule has 0 atom stereocenters. The number of methoxy groups -OCH3 is 2. The van der Waals surface area contributed by atoms with E-state index in [1.807, 2.05) is 0 Å². The van der Waals surface area contributed by atoms with Crippen LogP contribution in [0.25, 0.3) is 0 Å². The molecule has 7 heteroatoms. The van der Waals surface area contributed by atoms with E-state index in [1.165, 1.54) is 0 Å². The minimum atomic E-state index is -0.475. The third-order valence-corrected chi connectivity index (χ3v) is 6.75. The fourth-order valence-corrected chi connectivity index (χ4v) is 4.69. The molecule has 0 spiro atoms. The zero-order valence-electron chi connectivity index (χ0n) is 17.2. The summed E-state index contributed by atoms with van der Waals surface area (Å²) in [5.74, 6) is 1.49. The number of rotatable bonds is 8. The number of amides is 2. The maximum atomic E-state index is 12.8. The van der Waals surface area contributed by atoms with Crippen molar-refractivity contribution in [2.24, 2.45) is 5.92 Å². The van der Waals surface area contributed by atoms with Gasteiger partial charge in [0.05, 0.1) is 12.7 Å². The number of likely N-dealkylation sites (tertiary alicyclic amines) is 1. The second-order valence-electron chi connectivity index (χ2n) is 8.47. The zero-order valence-corrected chi connectivity index (χ0v) is 17.2. The highest BCUT2D eigenvalue weighted by atomic mass is 16.5. The fourth-order valence-electron chi connectivity index (χ4n) is 4.69. The molecule has 1 aromatic rings. The highest BCUT2D eigenvalue weighted by Gasteiger charge is 2.66. The Balaban J connectivity index is 1.34. The number of carbonyl (C=O) groups excluding carboxylic acids is 2. The largest absolute Gasteiger partial charge is 0.497 e. The first-order valence-electron chi connectivity index (χ1n) is 10.4. The van der Waals surface area contributed by atoms with Gasteiger partial charge in [0.25, 0.3) is 5.91 Å². The van der Waals surface area contributed by atoms with Crippen LogP contribution in [0.15, 0.2) is 24.3 Å². The van der Waals surface area contributed by atoms with E-state index in [1.54, 1.807) is 43.4 Å². The molecule has 0 unspecified atom stereocenters. The summed E-state index contributed by atoms with van der Waals surface area (Å²) in [5, 5.41) is 3.28. The first kappa shape index (κ1) is 20.0.